The standard InChI is InChI=1S/C16H19ClN2O3/c17-11-5-2-1-4-10(11)16-8-3-6-13(14(16)21)22-15(19-16)12(18)7-9-20/h1-2,4-5,12-13,20H,3,6-9,18H2. The Morgan fingerprint density at radius 3 is 3.00 bits per heavy atom. The highest BCUT2D eigenvalue weighted by atomic mass is 35.5. The molecule has 1 fully saturated rings. The van der Waals surface area contributed by atoms with E-state index < -0.39 is 17.7 Å². The molecule has 1 aliphatic carbocycles. The smallest absolute Gasteiger partial charge is 0.205 e. The lowest BCUT2D eigenvalue weighted by Gasteiger charge is -2.42. The van der Waals surface area contributed by atoms with Crippen molar-refractivity contribution in [3.8, 4) is 0 Å². The Morgan fingerprint density at radius 1 is 1.50 bits per heavy atom. The van der Waals surface area contributed by atoms with Gasteiger partial charge in [0.2, 0.25) is 11.7 Å². The van der Waals surface area contributed by atoms with E-state index >= 15 is 0 Å². The molecule has 3 unspecified atom stereocenters. The molecule has 1 saturated carbocycles. The molecule has 3 N–H and O–H groups in total. The third-order valence-electron chi connectivity index (χ3n) is 4.35. The van der Waals surface area contributed by atoms with E-state index in [0.29, 0.717) is 35.7 Å². The van der Waals surface area contributed by atoms with Crippen molar-refractivity contribution in [1.29, 1.82) is 0 Å². The van der Waals surface area contributed by atoms with Gasteiger partial charge in [-0.15, -0.1) is 0 Å². The summed E-state index contributed by atoms with van der Waals surface area (Å²) in [7, 11) is 0. The zero-order valence-electron chi connectivity index (χ0n) is 12.2. The molecule has 0 amide bonds. The summed E-state index contributed by atoms with van der Waals surface area (Å²) in [6.45, 7) is -0.0543. The van der Waals surface area contributed by atoms with Crippen LogP contribution in [0.4, 0.5) is 0 Å². The molecule has 22 heavy (non-hydrogen) atoms. The quantitative estimate of drug-likeness (QED) is 0.885. The molecule has 0 saturated heterocycles. The molecule has 118 valence electrons. The number of ether oxygens (including phenoxy) is 1. The Hall–Kier alpha value is -1.43. The SMILES string of the molecule is NC(CCO)C1=NC2(c3ccccc3Cl)CCCC(O1)C2=O. The van der Waals surface area contributed by atoms with Gasteiger partial charge in [0.25, 0.3) is 0 Å². The van der Waals surface area contributed by atoms with Crippen LogP contribution in [0.3, 0.4) is 0 Å². The lowest BCUT2D eigenvalue weighted by atomic mass is 9.73. The van der Waals surface area contributed by atoms with Crippen LogP contribution in [0.1, 0.15) is 31.2 Å². The van der Waals surface area contributed by atoms with Crippen molar-refractivity contribution in [3.63, 3.8) is 0 Å². The minimum atomic E-state index is -0.998. The summed E-state index contributed by atoms with van der Waals surface area (Å²) in [5.41, 5.74) is 5.74. The van der Waals surface area contributed by atoms with Gasteiger partial charge in [0.1, 0.15) is 0 Å². The normalized spacial score (nSPS) is 28.8. The Balaban J connectivity index is 2.10. The number of aliphatic hydroxyl groups is 1. The predicted octanol–water partition coefficient (Wildman–Crippen LogP) is 1.80. The van der Waals surface area contributed by atoms with E-state index in [4.69, 9.17) is 27.2 Å². The van der Waals surface area contributed by atoms with E-state index in [1.165, 1.54) is 0 Å². The third kappa shape index (κ3) is 2.43. The van der Waals surface area contributed by atoms with Gasteiger partial charge in [-0.1, -0.05) is 29.8 Å². The maximum absolute atomic E-state index is 12.8. The van der Waals surface area contributed by atoms with Crippen molar-refractivity contribution in [2.24, 2.45) is 10.7 Å². The molecule has 3 rings (SSSR count). The average Bonchev–Trinajstić information content (AvgIpc) is 2.48. The molecule has 0 radical (unpaired) electrons. The summed E-state index contributed by atoms with van der Waals surface area (Å²) in [6, 6.07) is 6.77. The maximum Gasteiger partial charge on any atom is 0.205 e. The van der Waals surface area contributed by atoms with E-state index in [1.807, 2.05) is 18.2 Å². The van der Waals surface area contributed by atoms with E-state index in [2.05, 4.69) is 4.99 Å². The van der Waals surface area contributed by atoms with Gasteiger partial charge in [-0.3, -0.25) is 4.79 Å². The number of aliphatic imine (C=N–C) groups is 1. The highest BCUT2D eigenvalue weighted by molar-refractivity contribution is 6.32. The fourth-order valence-corrected chi connectivity index (χ4v) is 3.50. The molecule has 0 spiro atoms. The van der Waals surface area contributed by atoms with Crippen LogP contribution in [0.2, 0.25) is 5.02 Å². The van der Waals surface area contributed by atoms with Gasteiger partial charge in [0.05, 0.1) is 6.04 Å². The highest BCUT2D eigenvalue weighted by Crippen LogP contribution is 2.44. The van der Waals surface area contributed by atoms with Gasteiger partial charge < -0.3 is 15.6 Å². The van der Waals surface area contributed by atoms with Crippen molar-refractivity contribution in [3.05, 3.63) is 34.9 Å². The highest BCUT2D eigenvalue weighted by Gasteiger charge is 2.52. The Kier molecular flexibility index (Phi) is 4.21. The first kappa shape index (κ1) is 15.5. The second-order valence-corrected chi connectivity index (χ2v) is 6.18. The molecule has 1 aromatic carbocycles. The zero-order chi connectivity index (χ0) is 15.7. The molecule has 1 heterocycles. The molecule has 3 atom stereocenters. The van der Waals surface area contributed by atoms with Crippen LogP contribution >= 0.6 is 11.6 Å². The van der Waals surface area contributed by atoms with Gasteiger partial charge in [-0.25, -0.2) is 4.99 Å². The number of benzene rings is 1. The first-order valence-electron chi connectivity index (χ1n) is 7.50. The molecule has 6 heteroatoms. The molecule has 2 bridgehead atoms. The van der Waals surface area contributed by atoms with E-state index in [-0.39, 0.29) is 12.4 Å². The topological polar surface area (TPSA) is 84.9 Å². The maximum atomic E-state index is 12.8. The molecule has 1 aromatic rings. The Bertz CT molecular complexity index is 619. The van der Waals surface area contributed by atoms with E-state index in [9.17, 15) is 4.79 Å². The van der Waals surface area contributed by atoms with Gasteiger partial charge >= 0.3 is 0 Å². The average molecular weight is 323 g/mol. The number of ketones is 1. The van der Waals surface area contributed by atoms with Crippen LogP contribution in [-0.4, -0.2) is 35.5 Å². The van der Waals surface area contributed by atoms with Gasteiger partial charge in [-0.2, -0.15) is 0 Å². The van der Waals surface area contributed by atoms with Crippen LogP contribution in [-0.2, 0) is 15.1 Å². The first-order valence-corrected chi connectivity index (χ1v) is 7.88. The largest absolute Gasteiger partial charge is 0.468 e. The number of carbonyl (C=O) groups is 1. The Labute approximate surface area is 134 Å². The summed E-state index contributed by atoms with van der Waals surface area (Å²) in [6.07, 6.45) is 1.93. The number of aliphatic hydroxyl groups excluding tert-OH is 1. The predicted molar refractivity (Wildman–Crippen MR) is 84.0 cm³/mol. The molecule has 0 aromatic heterocycles. The summed E-state index contributed by atoms with van der Waals surface area (Å²) in [5.74, 6) is 0.296. The number of hydrogen-bond acceptors (Lipinski definition) is 5. The number of hydrogen-bond donors (Lipinski definition) is 2. The minimum absolute atomic E-state index is 0.0493. The number of rotatable bonds is 4. The van der Waals surface area contributed by atoms with Crippen LogP contribution in [0.25, 0.3) is 0 Å². The number of fused-ring (bicyclic) bond motifs is 2. The van der Waals surface area contributed by atoms with Gasteiger partial charge in [-0.05, 0) is 31.7 Å². The number of nitrogens with two attached hydrogens (primary N) is 1. The number of carbonyl (C=O) groups excluding carboxylic acids is 1. The molecule has 5 nitrogen and oxygen atoms in total. The van der Waals surface area contributed by atoms with Crippen molar-refractivity contribution in [2.45, 2.75) is 43.4 Å². The van der Waals surface area contributed by atoms with Crippen LogP contribution < -0.4 is 5.73 Å². The van der Waals surface area contributed by atoms with Crippen LogP contribution in [0.15, 0.2) is 29.3 Å². The van der Waals surface area contributed by atoms with E-state index in [0.717, 1.165) is 6.42 Å². The van der Waals surface area contributed by atoms with Crippen LogP contribution in [0, 0.1) is 0 Å². The zero-order valence-corrected chi connectivity index (χ0v) is 12.9. The van der Waals surface area contributed by atoms with Crippen molar-refractivity contribution in [1.82, 2.24) is 0 Å². The second kappa shape index (κ2) is 5.99. The number of nitrogens with zero attached hydrogens (tertiary/aromatic N) is 1. The summed E-state index contributed by atoms with van der Waals surface area (Å²) >= 11 is 6.32. The second-order valence-electron chi connectivity index (χ2n) is 5.77. The first-order chi connectivity index (χ1) is 10.6. The fourth-order valence-electron chi connectivity index (χ4n) is 3.20. The number of Topliss-reactive ketones (excluding diaryl/α,β-unsaturated/α-hetero) is 1. The van der Waals surface area contributed by atoms with Crippen molar-refractivity contribution < 1.29 is 14.6 Å². The molecular formula is C16H19ClN2O3. The lowest BCUT2D eigenvalue weighted by Crippen LogP contribution is -2.54. The molecule has 1 aliphatic heterocycles. The minimum Gasteiger partial charge on any atom is -0.468 e. The summed E-state index contributed by atoms with van der Waals surface area (Å²) in [4.78, 5) is 17.4. The van der Waals surface area contributed by atoms with E-state index in [1.54, 1.807) is 6.07 Å². The molecule has 2 aliphatic rings. The summed E-state index contributed by atoms with van der Waals surface area (Å²) < 4.78 is 5.69. The number of halogens is 1. The Morgan fingerprint density at radius 2 is 2.27 bits per heavy atom. The summed E-state index contributed by atoms with van der Waals surface area (Å²) in [5, 5.41) is 9.59. The van der Waals surface area contributed by atoms with Gasteiger partial charge in [0.15, 0.2) is 11.6 Å². The van der Waals surface area contributed by atoms with Crippen LogP contribution in [0.5, 0.6) is 0 Å². The van der Waals surface area contributed by atoms with Crippen molar-refractivity contribution >= 4 is 23.3 Å². The lowest BCUT2D eigenvalue weighted by molar-refractivity contribution is -0.137. The molecular weight excluding hydrogens is 304 g/mol. The fraction of sp³-hybridized carbons (Fsp3) is 0.500. The van der Waals surface area contributed by atoms with Gasteiger partial charge in [0, 0.05) is 17.2 Å². The monoisotopic (exact) mass is 322 g/mol. The third-order valence-corrected chi connectivity index (χ3v) is 4.68. The van der Waals surface area contributed by atoms with Crippen molar-refractivity contribution in [2.75, 3.05) is 6.61 Å².